The Kier molecular flexibility index (Phi) is 3.40. The number of fused-ring (bicyclic) bond motifs is 1. The van der Waals surface area contributed by atoms with E-state index in [4.69, 9.17) is 5.73 Å². The lowest BCUT2D eigenvalue weighted by atomic mass is 9.75. The van der Waals surface area contributed by atoms with Crippen LogP contribution in [-0.2, 0) is 0 Å². The Labute approximate surface area is 114 Å². The van der Waals surface area contributed by atoms with Crippen LogP contribution in [-0.4, -0.2) is 28.9 Å². The van der Waals surface area contributed by atoms with E-state index >= 15 is 0 Å². The number of hydrogen-bond acceptors (Lipinski definition) is 3. The molecule has 2 fully saturated rings. The second-order valence-corrected chi connectivity index (χ2v) is 5.79. The van der Waals surface area contributed by atoms with Crippen molar-refractivity contribution in [3.63, 3.8) is 0 Å². The van der Waals surface area contributed by atoms with E-state index in [0.29, 0.717) is 17.3 Å². The van der Waals surface area contributed by atoms with Crippen LogP contribution >= 0.6 is 0 Å². The van der Waals surface area contributed by atoms with Crippen molar-refractivity contribution in [1.29, 1.82) is 0 Å². The summed E-state index contributed by atoms with van der Waals surface area (Å²) in [7, 11) is 0. The summed E-state index contributed by atoms with van der Waals surface area (Å²) in [6, 6.07) is 3.51. The van der Waals surface area contributed by atoms with Gasteiger partial charge in [0.05, 0.1) is 5.69 Å². The molecule has 102 valence electrons. The number of aromatic nitrogens is 1. The molecule has 0 bridgehead atoms. The molecule has 1 saturated heterocycles. The van der Waals surface area contributed by atoms with E-state index in [1.165, 1.54) is 25.7 Å². The minimum atomic E-state index is 0.00197. The van der Waals surface area contributed by atoms with Gasteiger partial charge in [0.15, 0.2) is 5.69 Å². The summed E-state index contributed by atoms with van der Waals surface area (Å²) in [6.45, 7) is 1.75. The molecule has 2 atom stereocenters. The van der Waals surface area contributed by atoms with Crippen LogP contribution in [0.25, 0.3) is 0 Å². The largest absolute Gasteiger partial charge is 0.397 e. The van der Waals surface area contributed by atoms with Crippen LogP contribution < -0.4 is 5.73 Å². The van der Waals surface area contributed by atoms with Gasteiger partial charge in [-0.25, -0.2) is 4.98 Å². The summed E-state index contributed by atoms with van der Waals surface area (Å²) >= 11 is 0. The quantitative estimate of drug-likeness (QED) is 0.842. The topological polar surface area (TPSA) is 59.2 Å². The van der Waals surface area contributed by atoms with Gasteiger partial charge in [0.1, 0.15) is 0 Å². The second-order valence-electron chi connectivity index (χ2n) is 5.79. The fraction of sp³-hybridized carbons (Fsp3) is 0.600. The fourth-order valence-corrected chi connectivity index (χ4v) is 3.53. The van der Waals surface area contributed by atoms with Gasteiger partial charge in [0.2, 0.25) is 0 Å². The number of nitrogens with zero attached hydrogens (tertiary/aromatic N) is 2. The van der Waals surface area contributed by atoms with Crippen LogP contribution in [0.3, 0.4) is 0 Å². The minimum absolute atomic E-state index is 0.00197. The summed E-state index contributed by atoms with van der Waals surface area (Å²) < 4.78 is 0. The lowest BCUT2D eigenvalue weighted by Crippen LogP contribution is -2.45. The van der Waals surface area contributed by atoms with Crippen LogP contribution in [0.1, 0.15) is 42.6 Å². The Bertz CT molecular complexity index is 474. The number of likely N-dealkylation sites (tertiary alicyclic amines) is 1. The number of carbonyl (C=O) groups is 1. The van der Waals surface area contributed by atoms with E-state index in [-0.39, 0.29) is 5.91 Å². The van der Waals surface area contributed by atoms with Crippen molar-refractivity contribution in [2.45, 2.75) is 32.1 Å². The summed E-state index contributed by atoms with van der Waals surface area (Å²) in [4.78, 5) is 18.6. The zero-order valence-corrected chi connectivity index (χ0v) is 11.2. The molecule has 3 rings (SSSR count). The molecule has 2 unspecified atom stereocenters. The summed E-state index contributed by atoms with van der Waals surface area (Å²) in [5.41, 5.74) is 6.75. The van der Waals surface area contributed by atoms with Gasteiger partial charge in [0, 0.05) is 19.3 Å². The van der Waals surface area contributed by atoms with Gasteiger partial charge in [0.25, 0.3) is 5.91 Å². The summed E-state index contributed by atoms with van der Waals surface area (Å²) in [6.07, 6.45) is 8.07. The molecule has 1 amide bonds. The molecule has 0 radical (unpaired) electrons. The van der Waals surface area contributed by atoms with E-state index < -0.39 is 0 Å². The highest BCUT2D eigenvalue weighted by molar-refractivity contribution is 5.97. The van der Waals surface area contributed by atoms with Crippen LogP contribution in [0, 0.1) is 11.8 Å². The zero-order valence-electron chi connectivity index (χ0n) is 11.2. The highest BCUT2D eigenvalue weighted by Gasteiger charge is 2.33. The number of hydrogen-bond donors (Lipinski definition) is 1. The molecule has 2 aliphatic rings. The Morgan fingerprint density at radius 2 is 2.05 bits per heavy atom. The first-order chi connectivity index (χ1) is 9.25. The number of rotatable bonds is 1. The number of nitrogens with two attached hydrogens (primary N) is 1. The maximum absolute atomic E-state index is 12.5. The molecule has 2 heterocycles. The summed E-state index contributed by atoms with van der Waals surface area (Å²) in [5, 5.41) is 0. The van der Waals surface area contributed by atoms with Crippen LogP contribution in [0.15, 0.2) is 18.3 Å². The Balaban J connectivity index is 1.73. The van der Waals surface area contributed by atoms with Crippen molar-refractivity contribution in [1.82, 2.24) is 9.88 Å². The average Bonchev–Trinajstić information content (AvgIpc) is 2.46. The van der Waals surface area contributed by atoms with Crippen molar-refractivity contribution >= 4 is 11.6 Å². The molecule has 4 nitrogen and oxygen atoms in total. The summed E-state index contributed by atoms with van der Waals surface area (Å²) in [5.74, 6) is 1.53. The first-order valence-electron chi connectivity index (χ1n) is 7.25. The average molecular weight is 259 g/mol. The van der Waals surface area contributed by atoms with Gasteiger partial charge in [-0.15, -0.1) is 0 Å². The zero-order chi connectivity index (χ0) is 13.2. The molecule has 4 heteroatoms. The monoisotopic (exact) mass is 259 g/mol. The van der Waals surface area contributed by atoms with Crippen molar-refractivity contribution in [3.8, 4) is 0 Å². The lowest BCUT2D eigenvalue weighted by molar-refractivity contribution is 0.0516. The number of carbonyl (C=O) groups excluding carboxylic acids is 1. The molecule has 1 aliphatic heterocycles. The third-order valence-electron chi connectivity index (χ3n) is 4.62. The first kappa shape index (κ1) is 12.5. The van der Waals surface area contributed by atoms with Gasteiger partial charge in [-0.3, -0.25) is 4.79 Å². The molecule has 2 N–H and O–H groups in total. The third-order valence-corrected chi connectivity index (χ3v) is 4.62. The predicted octanol–water partition coefficient (Wildman–Crippen LogP) is 2.32. The number of anilines is 1. The Morgan fingerprint density at radius 1 is 1.26 bits per heavy atom. The molecule has 1 aliphatic carbocycles. The number of piperidine rings is 1. The van der Waals surface area contributed by atoms with Gasteiger partial charge in [-0.1, -0.05) is 19.3 Å². The Morgan fingerprint density at radius 3 is 2.84 bits per heavy atom. The van der Waals surface area contributed by atoms with Gasteiger partial charge >= 0.3 is 0 Å². The molecule has 1 aromatic rings. The molecular weight excluding hydrogens is 238 g/mol. The predicted molar refractivity (Wildman–Crippen MR) is 74.6 cm³/mol. The molecular formula is C15H21N3O. The van der Waals surface area contributed by atoms with E-state index in [1.807, 2.05) is 4.90 Å². The van der Waals surface area contributed by atoms with Crippen LogP contribution in [0.5, 0.6) is 0 Å². The SMILES string of the molecule is Nc1cccnc1C(=O)N1CCC2CCCCC2C1. The van der Waals surface area contributed by atoms with Crippen molar-refractivity contribution in [3.05, 3.63) is 24.0 Å². The minimum Gasteiger partial charge on any atom is -0.397 e. The normalized spacial score (nSPS) is 26.8. The van der Waals surface area contributed by atoms with E-state index in [9.17, 15) is 4.79 Å². The highest BCUT2D eigenvalue weighted by atomic mass is 16.2. The second kappa shape index (κ2) is 5.19. The van der Waals surface area contributed by atoms with E-state index in [1.54, 1.807) is 18.3 Å². The smallest absolute Gasteiger partial charge is 0.274 e. The van der Waals surface area contributed by atoms with Crippen LogP contribution in [0.4, 0.5) is 5.69 Å². The van der Waals surface area contributed by atoms with Gasteiger partial charge in [-0.2, -0.15) is 0 Å². The molecule has 0 aromatic carbocycles. The standard InChI is InChI=1S/C15H21N3O/c16-13-6-3-8-17-14(13)15(19)18-9-7-11-4-1-2-5-12(11)10-18/h3,6,8,11-12H,1-2,4-5,7,9-10,16H2. The molecule has 1 saturated carbocycles. The van der Waals surface area contributed by atoms with Gasteiger partial charge in [-0.05, 0) is 36.8 Å². The third kappa shape index (κ3) is 2.44. The van der Waals surface area contributed by atoms with Crippen molar-refractivity contribution < 1.29 is 4.79 Å². The first-order valence-corrected chi connectivity index (χ1v) is 7.25. The van der Waals surface area contributed by atoms with Crippen molar-refractivity contribution in [2.24, 2.45) is 11.8 Å². The van der Waals surface area contributed by atoms with Crippen LogP contribution in [0.2, 0.25) is 0 Å². The van der Waals surface area contributed by atoms with Gasteiger partial charge < -0.3 is 10.6 Å². The van der Waals surface area contributed by atoms with E-state index in [0.717, 1.165) is 25.4 Å². The lowest BCUT2D eigenvalue weighted by Gasteiger charge is -2.41. The molecule has 1 aromatic heterocycles. The molecule has 0 spiro atoms. The highest BCUT2D eigenvalue weighted by Crippen LogP contribution is 2.36. The Hall–Kier alpha value is -1.58. The van der Waals surface area contributed by atoms with E-state index in [2.05, 4.69) is 4.98 Å². The molecule has 19 heavy (non-hydrogen) atoms. The maximum atomic E-state index is 12.5. The fourth-order valence-electron chi connectivity index (χ4n) is 3.53. The number of amides is 1. The maximum Gasteiger partial charge on any atom is 0.274 e. The number of pyridine rings is 1. The van der Waals surface area contributed by atoms with Crippen molar-refractivity contribution in [2.75, 3.05) is 18.8 Å². The number of nitrogen functional groups attached to an aromatic ring is 1.